The number of hydrogen-bond acceptors (Lipinski definition) is 10. The highest BCUT2D eigenvalue weighted by atomic mass is 16.5. The van der Waals surface area contributed by atoms with Crippen molar-refractivity contribution in [2.75, 3.05) is 5.32 Å². The van der Waals surface area contributed by atoms with Gasteiger partial charge in [-0.2, -0.15) is 9.78 Å². The van der Waals surface area contributed by atoms with Crippen molar-refractivity contribution in [2.24, 2.45) is 18.2 Å². The van der Waals surface area contributed by atoms with Gasteiger partial charge in [0.2, 0.25) is 0 Å². The quantitative estimate of drug-likeness (QED) is 0.317. The number of rotatable bonds is 6. The summed E-state index contributed by atoms with van der Waals surface area (Å²) in [5, 5.41) is 15.8. The van der Waals surface area contributed by atoms with E-state index in [-0.39, 0.29) is 34.7 Å². The number of aromatic nitrogens is 7. The number of esters is 1. The third-order valence-electron chi connectivity index (χ3n) is 8.23. The molecular weight excluding hydrogens is 554 g/mol. The average molecular weight is 588 g/mol. The number of nitrogens with zero attached hydrogens (tertiary/aromatic N) is 7. The fourth-order valence-corrected chi connectivity index (χ4v) is 6.13. The maximum Gasteiger partial charge on any atom is 0.361 e. The molecule has 0 bridgehead atoms. The Morgan fingerprint density at radius 2 is 1.86 bits per heavy atom. The van der Waals surface area contributed by atoms with Gasteiger partial charge in [-0.05, 0) is 62.6 Å². The van der Waals surface area contributed by atoms with Gasteiger partial charge in [0.15, 0.2) is 17.1 Å². The Hall–Kier alpha value is -4.88. The van der Waals surface area contributed by atoms with Crippen LogP contribution >= 0.6 is 0 Å². The molecule has 43 heavy (non-hydrogen) atoms. The van der Waals surface area contributed by atoms with E-state index >= 15 is 0 Å². The number of hydrogen-bond donors (Lipinski definition) is 2. The number of imidazole rings is 1. The molecule has 0 radical (unpaired) electrons. The Morgan fingerprint density at radius 1 is 1.12 bits per heavy atom. The molecule has 2 aliphatic carbocycles. The zero-order valence-corrected chi connectivity index (χ0v) is 24.5. The summed E-state index contributed by atoms with van der Waals surface area (Å²) in [4.78, 5) is 54.3. The second-order valence-electron chi connectivity index (χ2n) is 12.2. The number of fused-ring (bicyclic) bond motifs is 2. The molecular formula is C29H33N9O5. The van der Waals surface area contributed by atoms with Crippen LogP contribution in [-0.2, 0) is 18.2 Å². The van der Waals surface area contributed by atoms with Crippen LogP contribution in [0.3, 0.4) is 0 Å². The number of ketones is 1. The summed E-state index contributed by atoms with van der Waals surface area (Å²) >= 11 is 0. The van der Waals surface area contributed by atoms with Crippen molar-refractivity contribution in [3.05, 3.63) is 63.2 Å². The summed E-state index contributed by atoms with van der Waals surface area (Å²) in [5.74, 6) is -1.13. The topological polar surface area (TPSA) is 181 Å². The second-order valence-corrected chi connectivity index (χ2v) is 12.2. The lowest BCUT2D eigenvalue weighted by Crippen LogP contribution is -2.32. The number of primary amides is 1. The molecule has 3 heterocycles. The number of amides is 1. The molecule has 0 aliphatic heterocycles. The van der Waals surface area contributed by atoms with E-state index in [0.717, 1.165) is 20.5 Å². The number of anilines is 1. The molecule has 1 saturated carbocycles. The van der Waals surface area contributed by atoms with Gasteiger partial charge in [-0.3, -0.25) is 9.59 Å². The van der Waals surface area contributed by atoms with Crippen LogP contribution in [0.2, 0.25) is 0 Å². The van der Waals surface area contributed by atoms with Gasteiger partial charge in [-0.1, -0.05) is 19.1 Å². The average Bonchev–Trinajstić information content (AvgIpc) is 3.52. The molecule has 224 valence electrons. The second kappa shape index (κ2) is 10.4. The fourth-order valence-electron chi connectivity index (χ4n) is 6.13. The molecule has 3 N–H and O–H groups in total. The predicted octanol–water partition coefficient (Wildman–Crippen LogP) is 2.15. The van der Waals surface area contributed by atoms with Gasteiger partial charge in [0, 0.05) is 25.2 Å². The Balaban J connectivity index is 1.17. The van der Waals surface area contributed by atoms with E-state index < -0.39 is 17.6 Å². The van der Waals surface area contributed by atoms with E-state index in [9.17, 15) is 19.2 Å². The highest BCUT2D eigenvalue weighted by Gasteiger charge is 2.36. The molecule has 0 saturated heterocycles. The molecule has 14 heteroatoms. The zero-order chi connectivity index (χ0) is 30.6. The van der Waals surface area contributed by atoms with Crippen molar-refractivity contribution in [1.29, 1.82) is 0 Å². The van der Waals surface area contributed by atoms with Gasteiger partial charge in [-0.25, -0.2) is 23.7 Å². The number of carbonyl (C=O) groups excluding carboxylic acids is 3. The molecule has 3 aromatic heterocycles. The molecule has 2 aliphatic rings. The number of benzene rings is 1. The maximum absolute atomic E-state index is 12.9. The number of aryl methyl sites for hydroxylation is 2. The summed E-state index contributed by atoms with van der Waals surface area (Å²) < 4.78 is 9.69. The van der Waals surface area contributed by atoms with Crippen molar-refractivity contribution in [2.45, 2.75) is 71.4 Å². The smallest absolute Gasteiger partial charge is 0.361 e. The lowest BCUT2D eigenvalue weighted by Gasteiger charge is -2.30. The number of ether oxygens (including phenoxy) is 1. The predicted molar refractivity (Wildman–Crippen MR) is 154 cm³/mol. The van der Waals surface area contributed by atoms with Crippen molar-refractivity contribution in [3.63, 3.8) is 0 Å². The number of Topliss-reactive ketones (excluding diaryl/α,β-unsaturated/α-hetero) is 1. The van der Waals surface area contributed by atoms with E-state index in [4.69, 9.17) is 15.6 Å². The van der Waals surface area contributed by atoms with Gasteiger partial charge >= 0.3 is 11.7 Å². The van der Waals surface area contributed by atoms with Gasteiger partial charge in [0.25, 0.3) is 5.91 Å². The summed E-state index contributed by atoms with van der Waals surface area (Å²) in [5.41, 5.74) is 8.96. The van der Waals surface area contributed by atoms with Crippen molar-refractivity contribution in [3.8, 4) is 5.69 Å². The molecule has 14 nitrogen and oxygen atoms in total. The normalized spacial score (nSPS) is 19.7. The number of nitrogens with one attached hydrogen (secondary N) is 1. The van der Waals surface area contributed by atoms with Crippen LogP contribution < -0.4 is 16.7 Å². The SMILES string of the molecule is Cc1nn(-c2ccc(C(N)=O)c(NC3CCC(OC(=O)c4ncn5c(=O)n(C)nnc45)CC3)c2)c2c1C(=O)CC(C)(C)C2. The Bertz CT molecular complexity index is 1840. The van der Waals surface area contributed by atoms with Gasteiger partial charge in [-0.15, -0.1) is 5.10 Å². The van der Waals surface area contributed by atoms with Crippen LogP contribution in [0.5, 0.6) is 0 Å². The minimum atomic E-state index is -0.662. The van der Waals surface area contributed by atoms with Crippen LogP contribution in [0, 0.1) is 12.3 Å². The van der Waals surface area contributed by atoms with Crippen LogP contribution in [0.15, 0.2) is 29.3 Å². The van der Waals surface area contributed by atoms with Crippen LogP contribution in [0.25, 0.3) is 11.3 Å². The molecule has 0 spiro atoms. The Kier molecular flexibility index (Phi) is 6.86. The van der Waals surface area contributed by atoms with Crippen molar-refractivity contribution in [1.82, 2.24) is 34.2 Å². The Labute approximate surface area is 246 Å². The summed E-state index contributed by atoms with van der Waals surface area (Å²) in [6.45, 7) is 5.99. The molecule has 1 aromatic carbocycles. The van der Waals surface area contributed by atoms with Crippen molar-refractivity contribution >= 4 is 29.0 Å². The first-order chi connectivity index (χ1) is 20.4. The fraction of sp³-hybridized carbons (Fsp3) is 0.448. The molecule has 1 amide bonds. The monoisotopic (exact) mass is 587 g/mol. The summed E-state index contributed by atoms with van der Waals surface area (Å²) in [6.07, 6.45) is 4.57. The third kappa shape index (κ3) is 5.17. The summed E-state index contributed by atoms with van der Waals surface area (Å²) in [7, 11) is 1.45. The number of carbonyl (C=O) groups is 3. The van der Waals surface area contributed by atoms with E-state index in [2.05, 4.69) is 34.5 Å². The first kappa shape index (κ1) is 28.2. The van der Waals surface area contributed by atoms with E-state index in [1.165, 1.54) is 13.4 Å². The standard InChI is InChI=1S/C29H33N9O5/c1-15-23-21(12-29(2,3)13-22(23)39)38(34-15)17-7-10-19(25(30)40)20(11-17)32-16-5-8-18(9-6-16)43-27(41)24-26-33-35-36(4)28(42)37(26)14-31-24/h7,10-11,14,16,18,32H,5-6,8-9,12-13H2,1-4H3,(H2,30,40). The minimum Gasteiger partial charge on any atom is -0.458 e. The largest absolute Gasteiger partial charge is 0.458 e. The lowest BCUT2D eigenvalue weighted by molar-refractivity contribution is 0.0198. The van der Waals surface area contributed by atoms with Gasteiger partial charge in [0.1, 0.15) is 12.4 Å². The van der Waals surface area contributed by atoms with Gasteiger partial charge in [0.05, 0.1) is 28.2 Å². The van der Waals surface area contributed by atoms with Crippen LogP contribution in [0.4, 0.5) is 5.69 Å². The first-order valence-electron chi connectivity index (χ1n) is 14.2. The molecule has 1 fully saturated rings. The highest BCUT2D eigenvalue weighted by Crippen LogP contribution is 2.37. The lowest BCUT2D eigenvalue weighted by atomic mass is 9.75. The van der Waals surface area contributed by atoms with Gasteiger partial charge < -0.3 is 15.8 Å². The minimum absolute atomic E-state index is 0.000546. The molecule has 6 rings (SSSR count). The zero-order valence-electron chi connectivity index (χ0n) is 24.5. The molecule has 0 atom stereocenters. The van der Waals surface area contributed by atoms with E-state index in [1.807, 2.05) is 13.0 Å². The molecule has 0 unspecified atom stereocenters. The van der Waals surface area contributed by atoms with E-state index in [1.54, 1.807) is 16.8 Å². The third-order valence-corrected chi connectivity index (χ3v) is 8.23. The Morgan fingerprint density at radius 3 is 2.58 bits per heavy atom. The summed E-state index contributed by atoms with van der Waals surface area (Å²) in [6, 6.07) is 5.32. The first-order valence-corrected chi connectivity index (χ1v) is 14.2. The van der Waals surface area contributed by atoms with Crippen LogP contribution in [0.1, 0.15) is 88.5 Å². The highest BCUT2D eigenvalue weighted by molar-refractivity contribution is 6.00. The number of nitrogens with two attached hydrogens (primary N) is 1. The molecule has 4 aromatic rings. The maximum atomic E-state index is 12.9. The van der Waals surface area contributed by atoms with E-state index in [0.29, 0.717) is 61.0 Å². The van der Waals surface area contributed by atoms with Crippen LogP contribution in [-0.4, -0.2) is 64.0 Å². The van der Waals surface area contributed by atoms with Crippen molar-refractivity contribution < 1.29 is 19.1 Å².